The van der Waals surface area contributed by atoms with E-state index in [-0.39, 0.29) is 17.5 Å². The average molecular weight is 374 g/mol. The van der Waals surface area contributed by atoms with E-state index in [4.69, 9.17) is 0 Å². The summed E-state index contributed by atoms with van der Waals surface area (Å²) in [6, 6.07) is 4.95. The minimum absolute atomic E-state index is 0.0230. The van der Waals surface area contributed by atoms with Gasteiger partial charge in [-0.1, -0.05) is 0 Å². The number of halogens is 2. The number of carbonyl (C=O) groups excluding carboxylic acids is 2. The smallest absolute Gasteiger partial charge is 0.271 e. The molecule has 0 atom stereocenters. The Hall–Kier alpha value is -3.30. The van der Waals surface area contributed by atoms with E-state index in [9.17, 15) is 18.4 Å². The molecule has 1 fully saturated rings. The second-order valence-electron chi connectivity index (χ2n) is 6.29. The van der Waals surface area contributed by atoms with E-state index >= 15 is 0 Å². The van der Waals surface area contributed by atoms with Crippen LogP contribution >= 0.6 is 0 Å². The third-order valence-corrected chi connectivity index (χ3v) is 4.14. The van der Waals surface area contributed by atoms with Gasteiger partial charge in [0.15, 0.2) is 11.5 Å². The molecule has 3 heterocycles. The van der Waals surface area contributed by atoms with Crippen LogP contribution in [0.15, 0.2) is 36.8 Å². The molecule has 0 radical (unpaired) electrons. The monoisotopic (exact) mass is 374 g/mol. The van der Waals surface area contributed by atoms with E-state index in [2.05, 4.69) is 20.7 Å². The van der Waals surface area contributed by atoms with Crippen molar-refractivity contribution in [3.63, 3.8) is 0 Å². The first-order valence-electron chi connectivity index (χ1n) is 8.41. The molecule has 1 aliphatic rings. The molecule has 0 bridgehead atoms. The SMILES string of the molecule is O=C(NCC(F)F)c1ccn(-c2ccc3nc(NC(=O)C4CC4)cn3c2)n1. The van der Waals surface area contributed by atoms with Gasteiger partial charge in [0.1, 0.15) is 5.65 Å². The first-order valence-corrected chi connectivity index (χ1v) is 8.41. The molecule has 8 nitrogen and oxygen atoms in total. The highest BCUT2D eigenvalue weighted by molar-refractivity contribution is 5.93. The van der Waals surface area contributed by atoms with Gasteiger partial charge in [0.25, 0.3) is 12.3 Å². The summed E-state index contributed by atoms with van der Waals surface area (Å²) in [5, 5.41) is 9.00. The van der Waals surface area contributed by atoms with Crippen LogP contribution in [0.3, 0.4) is 0 Å². The number of fused-ring (bicyclic) bond motifs is 1. The number of carbonyl (C=O) groups is 2. The van der Waals surface area contributed by atoms with E-state index < -0.39 is 18.9 Å². The van der Waals surface area contributed by atoms with Gasteiger partial charge in [0, 0.05) is 18.3 Å². The molecule has 1 aliphatic carbocycles. The Morgan fingerprint density at radius 1 is 1.22 bits per heavy atom. The van der Waals surface area contributed by atoms with E-state index in [1.54, 1.807) is 35.1 Å². The predicted octanol–water partition coefficient (Wildman–Crippen LogP) is 1.86. The zero-order chi connectivity index (χ0) is 19.0. The normalized spacial score (nSPS) is 13.9. The maximum atomic E-state index is 12.2. The van der Waals surface area contributed by atoms with Crippen molar-refractivity contribution in [2.45, 2.75) is 19.3 Å². The van der Waals surface area contributed by atoms with Gasteiger partial charge < -0.3 is 15.0 Å². The van der Waals surface area contributed by atoms with Crippen LogP contribution in [0, 0.1) is 5.92 Å². The van der Waals surface area contributed by atoms with Gasteiger partial charge in [-0.25, -0.2) is 18.4 Å². The zero-order valence-electron chi connectivity index (χ0n) is 14.1. The molecule has 2 amide bonds. The number of rotatable bonds is 6. The summed E-state index contributed by atoms with van der Waals surface area (Å²) in [7, 11) is 0. The van der Waals surface area contributed by atoms with Gasteiger partial charge in [-0.3, -0.25) is 9.59 Å². The average Bonchev–Trinajstić information content (AvgIpc) is 3.24. The van der Waals surface area contributed by atoms with Crippen molar-refractivity contribution < 1.29 is 18.4 Å². The van der Waals surface area contributed by atoms with E-state index in [0.29, 0.717) is 17.2 Å². The molecule has 4 rings (SSSR count). The minimum Gasteiger partial charge on any atom is -0.345 e. The highest BCUT2D eigenvalue weighted by Gasteiger charge is 2.30. The minimum atomic E-state index is -2.62. The first-order chi connectivity index (χ1) is 13.0. The van der Waals surface area contributed by atoms with Crippen LogP contribution in [0.1, 0.15) is 23.3 Å². The van der Waals surface area contributed by atoms with E-state index in [1.165, 1.54) is 10.7 Å². The Morgan fingerprint density at radius 2 is 2.04 bits per heavy atom. The third-order valence-electron chi connectivity index (χ3n) is 4.14. The largest absolute Gasteiger partial charge is 0.345 e. The molecule has 10 heteroatoms. The van der Waals surface area contributed by atoms with Crippen LogP contribution in [0.2, 0.25) is 0 Å². The zero-order valence-corrected chi connectivity index (χ0v) is 14.1. The number of hydrogen-bond donors (Lipinski definition) is 2. The first kappa shape index (κ1) is 17.1. The lowest BCUT2D eigenvalue weighted by atomic mass is 10.4. The number of imidazole rings is 1. The van der Waals surface area contributed by atoms with Gasteiger partial charge >= 0.3 is 0 Å². The number of hydrogen-bond acceptors (Lipinski definition) is 4. The van der Waals surface area contributed by atoms with Gasteiger partial charge in [-0.2, -0.15) is 5.10 Å². The lowest BCUT2D eigenvalue weighted by Gasteiger charge is -2.03. The van der Waals surface area contributed by atoms with Gasteiger partial charge in [0.2, 0.25) is 5.91 Å². The molecule has 1 saturated carbocycles. The number of amides is 2. The van der Waals surface area contributed by atoms with Crippen LogP contribution in [0.5, 0.6) is 0 Å². The van der Waals surface area contributed by atoms with E-state index in [1.807, 2.05) is 0 Å². The van der Waals surface area contributed by atoms with Crippen molar-refractivity contribution in [3.05, 3.63) is 42.5 Å². The molecule has 0 unspecified atom stereocenters. The van der Waals surface area contributed by atoms with Crippen molar-refractivity contribution in [3.8, 4) is 5.69 Å². The summed E-state index contributed by atoms with van der Waals surface area (Å²) < 4.78 is 27.6. The Kier molecular flexibility index (Phi) is 4.30. The fraction of sp³-hybridized carbons (Fsp3) is 0.294. The maximum Gasteiger partial charge on any atom is 0.271 e. The molecule has 0 aromatic carbocycles. The predicted molar refractivity (Wildman–Crippen MR) is 92.0 cm³/mol. The van der Waals surface area contributed by atoms with Crippen LogP contribution < -0.4 is 10.6 Å². The number of nitrogens with one attached hydrogen (secondary N) is 2. The molecular weight excluding hydrogens is 358 g/mol. The van der Waals surface area contributed by atoms with Crippen molar-refractivity contribution in [1.29, 1.82) is 0 Å². The van der Waals surface area contributed by atoms with Crippen LogP contribution in [0.25, 0.3) is 11.3 Å². The second kappa shape index (κ2) is 6.78. The maximum absolute atomic E-state index is 12.2. The summed E-state index contributed by atoms with van der Waals surface area (Å²) in [5.41, 5.74) is 1.33. The molecule has 0 spiro atoms. The molecular formula is C17H16F2N6O2. The molecule has 0 saturated heterocycles. The molecule has 140 valence electrons. The van der Waals surface area contributed by atoms with Crippen molar-refractivity contribution in [2.75, 3.05) is 11.9 Å². The van der Waals surface area contributed by atoms with Crippen molar-refractivity contribution >= 4 is 23.3 Å². The number of nitrogens with zero attached hydrogens (tertiary/aromatic N) is 4. The molecule has 2 N–H and O–H groups in total. The fourth-order valence-corrected chi connectivity index (χ4v) is 2.60. The fourth-order valence-electron chi connectivity index (χ4n) is 2.60. The Balaban J connectivity index is 1.51. The quantitative estimate of drug-likeness (QED) is 0.689. The van der Waals surface area contributed by atoms with Gasteiger partial charge in [-0.15, -0.1) is 0 Å². The second-order valence-corrected chi connectivity index (χ2v) is 6.29. The number of anilines is 1. The highest BCUT2D eigenvalue weighted by Crippen LogP contribution is 2.30. The van der Waals surface area contributed by atoms with Gasteiger partial charge in [0.05, 0.1) is 18.4 Å². The lowest BCUT2D eigenvalue weighted by molar-refractivity contribution is -0.117. The molecule has 3 aromatic heterocycles. The molecule has 27 heavy (non-hydrogen) atoms. The third kappa shape index (κ3) is 3.78. The number of alkyl halides is 2. The summed E-state index contributed by atoms with van der Waals surface area (Å²) in [6.45, 7) is -0.720. The number of pyridine rings is 1. The van der Waals surface area contributed by atoms with Crippen LogP contribution in [-0.2, 0) is 4.79 Å². The van der Waals surface area contributed by atoms with Crippen molar-refractivity contribution in [1.82, 2.24) is 24.5 Å². The topological polar surface area (TPSA) is 93.3 Å². The van der Waals surface area contributed by atoms with Gasteiger partial charge in [-0.05, 0) is 31.0 Å². The summed E-state index contributed by atoms with van der Waals surface area (Å²) in [4.78, 5) is 28.0. The van der Waals surface area contributed by atoms with E-state index in [0.717, 1.165) is 12.8 Å². The highest BCUT2D eigenvalue weighted by atomic mass is 19.3. The number of aromatic nitrogens is 4. The standard InChI is InChI=1S/C17H16F2N6O2/c18-13(19)7-20-17(27)12-5-6-25(23-12)11-3-4-15-21-14(9-24(15)8-11)22-16(26)10-1-2-10/h3-6,8-10,13H,1-2,7H2,(H,20,27)(H,22,26). The Labute approximate surface area is 152 Å². The Bertz CT molecular complexity index is 1010. The van der Waals surface area contributed by atoms with Crippen molar-refractivity contribution in [2.24, 2.45) is 5.92 Å². The summed E-state index contributed by atoms with van der Waals surface area (Å²) >= 11 is 0. The summed E-state index contributed by atoms with van der Waals surface area (Å²) in [6.07, 6.45) is 4.20. The summed E-state index contributed by atoms with van der Waals surface area (Å²) in [5.74, 6) is -0.131. The van der Waals surface area contributed by atoms with Crippen LogP contribution in [0.4, 0.5) is 14.6 Å². The molecule has 0 aliphatic heterocycles. The lowest BCUT2D eigenvalue weighted by Crippen LogP contribution is -2.28. The Morgan fingerprint density at radius 3 is 2.78 bits per heavy atom. The molecule has 3 aromatic rings. The van der Waals surface area contributed by atoms with Crippen LogP contribution in [-0.4, -0.2) is 43.9 Å².